The van der Waals surface area contributed by atoms with E-state index in [1.807, 2.05) is 32.9 Å². The summed E-state index contributed by atoms with van der Waals surface area (Å²) in [6.45, 7) is 9.16. The van der Waals surface area contributed by atoms with Crippen LogP contribution in [-0.2, 0) is 14.8 Å². The standard InChI is InChI=1S/C23H30F2N2O4S/c1-13(2)18-12-19(14(3)10-22(18)31-6)15(4)26-23(28)16(5)27(32(7,29)30)17-8-9-20(24)21(25)11-17/h8-13,15-16H,1-7H3,(H,26,28)/t15-,16-/m0/s1. The fourth-order valence-electron chi connectivity index (χ4n) is 3.65. The predicted molar refractivity (Wildman–Crippen MR) is 122 cm³/mol. The second kappa shape index (κ2) is 9.85. The third kappa shape index (κ3) is 5.56. The molecule has 0 aliphatic heterocycles. The van der Waals surface area contributed by atoms with Gasteiger partial charge < -0.3 is 10.1 Å². The number of hydrogen-bond donors (Lipinski definition) is 1. The molecule has 0 aromatic heterocycles. The Bertz CT molecular complexity index is 1100. The lowest BCUT2D eigenvalue weighted by Gasteiger charge is -2.29. The van der Waals surface area contributed by atoms with Gasteiger partial charge in [-0.1, -0.05) is 13.8 Å². The number of methoxy groups -OCH3 is 1. The number of halogens is 2. The van der Waals surface area contributed by atoms with E-state index in [9.17, 15) is 22.0 Å². The molecular weight excluding hydrogens is 438 g/mol. The molecule has 0 bridgehead atoms. The van der Waals surface area contributed by atoms with Crippen LogP contribution in [0.4, 0.5) is 14.5 Å². The van der Waals surface area contributed by atoms with Crippen molar-refractivity contribution in [3.8, 4) is 5.75 Å². The van der Waals surface area contributed by atoms with Crippen molar-refractivity contribution in [1.82, 2.24) is 5.32 Å². The highest BCUT2D eigenvalue weighted by Gasteiger charge is 2.31. The van der Waals surface area contributed by atoms with Gasteiger partial charge in [-0.15, -0.1) is 0 Å². The fraction of sp³-hybridized carbons (Fsp3) is 0.435. The van der Waals surface area contributed by atoms with Crippen molar-refractivity contribution in [3.05, 3.63) is 58.7 Å². The van der Waals surface area contributed by atoms with E-state index in [1.165, 1.54) is 6.92 Å². The number of nitrogens with zero attached hydrogens (tertiary/aromatic N) is 1. The van der Waals surface area contributed by atoms with Crippen molar-refractivity contribution < 1.29 is 26.7 Å². The number of ether oxygens (including phenoxy) is 1. The minimum Gasteiger partial charge on any atom is -0.496 e. The van der Waals surface area contributed by atoms with Crippen molar-refractivity contribution >= 4 is 21.6 Å². The van der Waals surface area contributed by atoms with Crippen molar-refractivity contribution in [2.45, 2.75) is 52.6 Å². The molecule has 0 saturated heterocycles. The predicted octanol–water partition coefficient (Wildman–Crippen LogP) is 4.44. The second-order valence-electron chi connectivity index (χ2n) is 8.17. The highest BCUT2D eigenvalue weighted by Crippen LogP contribution is 2.32. The van der Waals surface area contributed by atoms with Gasteiger partial charge in [0, 0.05) is 6.07 Å². The molecule has 0 aliphatic carbocycles. The van der Waals surface area contributed by atoms with E-state index in [0.29, 0.717) is 0 Å². The van der Waals surface area contributed by atoms with Gasteiger partial charge in [-0.05, 0) is 67.6 Å². The largest absolute Gasteiger partial charge is 0.496 e. The number of hydrogen-bond acceptors (Lipinski definition) is 4. The first-order valence-corrected chi connectivity index (χ1v) is 12.1. The molecule has 6 nitrogen and oxygen atoms in total. The van der Waals surface area contributed by atoms with Crippen LogP contribution in [-0.4, -0.2) is 33.7 Å². The summed E-state index contributed by atoms with van der Waals surface area (Å²) in [5, 5.41) is 2.84. The van der Waals surface area contributed by atoms with E-state index in [2.05, 4.69) is 5.32 Å². The molecule has 0 heterocycles. The lowest BCUT2D eigenvalue weighted by atomic mass is 9.93. The summed E-state index contributed by atoms with van der Waals surface area (Å²) in [5.41, 5.74) is 2.63. The molecule has 9 heteroatoms. The van der Waals surface area contributed by atoms with Crippen LogP contribution in [0.25, 0.3) is 0 Å². The third-order valence-corrected chi connectivity index (χ3v) is 6.55. The van der Waals surface area contributed by atoms with Crippen LogP contribution in [0.5, 0.6) is 5.75 Å². The Morgan fingerprint density at radius 2 is 1.66 bits per heavy atom. The first kappa shape index (κ1) is 25.6. The number of aryl methyl sites for hydroxylation is 1. The van der Waals surface area contributed by atoms with E-state index in [0.717, 1.165) is 51.2 Å². The van der Waals surface area contributed by atoms with Gasteiger partial charge in [0.05, 0.1) is 25.1 Å². The number of carbonyl (C=O) groups is 1. The normalized spacial score (nSPS) is 13.6. The molecule has 1 N–H and O–H groups in total. The monoisotopic (exact) mass is 468 g/mol. The number of anilines is 1. The Morgan fingerprint density at radius 1 is 1.03 bits per heavy atom. The molecule has 0 spiro atoms. The Morgan fingerprint density at radius 3 is 2.16 bits per heavy atom. The maximum atomic E-state index is 13.7. The number of carbonyl (C=O) groups excluding carboxylic acids is 1. The topological polar surface area (TPSA) is 75.7 Å². The molecule has 2 aromatic rings. The zero-order chi connectivity index (χ0) is 24.4. The molecule has 2 rings (SSSR count). The average molecular weight is 469 g/mol. The maximum Gasteiger partial charge on any atom is 0.244 e. The van der Waals surface area contributed by atoms with Crippen LogP contribution in [0.1, 0.15) is 56.3 Å². The molecule has 1 amide bonds. The zero-order valence-corrected chi connectivity index (χ0v) is 20.2. The average Bonchev–Trinajstić information content (AvgIpc) is 2.68. The molecule has 0 fully saturated rings. The summed E-state index contributed by atoms with van der Waals surface area (Å²) in [4.78, 5) is 13.0. The van der Waals surface area contributed by atoms with Crippen LogP contribution in [0.3, 0.4) is 0 Å². The van der Waals surface area contributed by atoms with Crippen LogP contribution < -0.4 is 14.4 Å². The van der Waals surface area contributed by atoms with E-state index < -0.39 is 39.6 Å². The zero-order valence-electron chi connectivity index (χ0n) is 19.4. The Hall–Kier alpha value is -2.68. The lowest BCUT2D eigenvalue weighted by molar-refractivity contribution is -0.122. The molecule has 0 radical (unpaired) electrons. The minimum atomic E-state index is -3.96. The number of amides is 1. The molecule has 0 unspecified atom stereocenters. The van der Waals surface area contributed by atoms with Gasteiger partial charge in [0.25, 0.3) is 0 Å². The van der Waals surface area contributed by atoms with Gasteiger partial charge in [0.1, 0.15) is 11.8 Å². The summed E-state index contributed by atoms with van der Waals surface area (Å²) in [6.07, 6.45) is 0.907. The van der Waals surface area contributed by atoms with Crippen molar-refractivity contribution in [1.29, 1.82) is 0 Å². The van der Waals surface area contributed by atoms with E-state index in [1.54, 1.807) is 14.0 Å². The van der Waals surface area contributed by atoms with Gasteiger partial charge in [-0.25, -0.2) is 17.2 Å². The highest BCUT2D eigenvalue weighted by molar-refractivity contribution is 7.92. The molecule has 32 heavy (non-hydrogen) atoms. The smallest absolute Gasteiger partial charge is 0.244 e. The summed E-state index contributed by atoms with van der Waals surface area (Å²) in [6, 6.07) is 4.95. The first-order chi connectivity index (χ1) is 14.8. The molecule has 0 aliphatic rings. The summed E-state index contributed by atoms with van der Waals surface area (Å²) >= 11 is 0. The number of sulfonamides is 1. The first-order valence-electron chi connectivity index (χ1n) is 10.2. The van der Waals surface area contributed by atoms with Gasteiger partial charge in [-0.2, -0.15) is 0 Å². The number of rotatable bonds is 8. The molecule has 176 valence electrons. The second-order valence-corrected chi connectivity index (χ2v) is 10.0. The Balaban J connectivity index is 2.35. The third-order valence-electron chi connectivity index (χ3n) is 5.31. The van der Waals surface area contributed by atoms with Crippen LogP contribution in [0.2, 0.25) is 0 Å². The quantitative estimate of drug-likeness (QED) is 0.622. The van der Waals surface area contributed by atoms with E-state index >= 15 is 0 Å². The molecule has 0 saturated carbocycles. The van der Waals surface area contributed by atoms with Gasteiger partial charge in [0.2, 0.25) is 15.9 Å². The van der Waals surface area contributed by atoms with Crippen LogP contribution >= 0.6 is 0 Å². The minimum absolute atomic E-state index is 0.135. The lowest BCUT2D eigenvalue weighted by Crippen LogP contribution is -2.48. The van der Waals surface area contributed by atoms with Crippen LogP contribution in [0, 0.1) is 18.6 Å². The highest BCUT2D eigenvalue weighted by atomic mass is 32.2. The number of benzene rings is 2. The van der Waals surface area contributed by atoms with Gasteiger partial charge >= 0.3 is 0 Å². The summed E-state index contributed by atoms with van der Waals surface area (Å²) in [5.74, 6) is -1.93. The van der Waals surface area contributed by atoms with Crippen molar-refractivity contribution in [2.75, 3.05) is 17.7 Å². The Kier molecular flexibility index (Phi) is 7.88. The maximum absolute atomic E-state index is 13.7. The van der Waals surface area contributed by atoms with Crippen molar-refractivity contribution in [3.63, 3.8) is 0 Å². The summed E-state index contributed by atoms with van der Waals surface area (Å²) in [7, 11) is -2.36. The SMILES string of the molecule is COc1cc(C)c([C@H](C)NC(=O)[C@H](C)N(c2ccc(F)c(F)c2)S(C)(=O)=O)cc1C(C)C. The fourth-order valence-corrected chi connectivity index (χ4v) is 4.82. The molecular formula is C23H30F2N2O4S. The van der Waals surface area contributed by atoms with Crippen LogP contribution in [0.15, 0.2) is 30.3 Å². The van der Waals surface area contributed by atoms with E-state index in [4.69, 9.17) is 4.74 Å². The van der Waals surface area contributed by atoms with Crippen molar-refractivity contribution in [2.24, 2.45) is 0 Å². The van der Waals surface area contributed by atoms with Gasteiger partial charge in [0.15, 0.2) is 11.6 Å². The summed E-state index contributed by atoms with van der Waals surface area (Å²) < 4.78 is 58.1. The van der Waals surface area contributed by atoms with E-state index in [-0.39, 0.29) is 11.6 Å². The number of nitrogens with one attached hydrogen (secondary N) is 1. The molecule has 2 atom stereocenters. The molecule has 2 aromatic carbocycles. The Labute approximate surface area is 188 Å². The van der Waals surface area contributed by atoms with Gasteiger partial charge in [-0.3, -0.25) is 9.10 Å².